The third kappa shape index (κ3) is 5.22. The summed E-state index contributed by atoms with van der Waals surface area (Å²) in [7, 11) is 0. The fourth-order valence-corrected chi connectivity index (χ4v) is 6.85. The summed E-state index contributed by atoms with van der Waals surface area (Å²) in [4.78, 5) is 15.0. The summed E-state index contributed by atoms with van der Waals surface area (Å²) in [6.45, 7) is 0. The SMILES string of the molecule is [2H]c1c([2H])c([2H])c(-c2cc(-c3nc(-c4ccccc4)nc(-c4ccc5cc(-c6ccccc6)ccc5c4)n3)cc3oc4cc5ccccc5cc4c23)c([2H])c1[2H]. The van der Waals surface area contributed by atoms with Gasteiger partial charge in [0.15, 0.2) is 17.5 Å². The van der Waals surface area contributed by atoms with E-state index in [4.69, 9.17) is 26.2 Å². The van der Waals surface area contributed by atoms with Gasteiger partial charge in [0.05, 0.1) is 6.85 Å². The smallest absolute Gasteiger partial charge is 0.164 e. The monoisotopic (exact) mass is 656 g/mol. The highest BCUT2D eigenvalue weighted by Gasteiger charge is 2.19. The van der Waals surface area contributed by atoms with Crippen LogP contribution in [0.3, 0.4) is 0 Å². The lowest BCUT2D eigenvalue weighted by Crippen LogP contribution is -2.00. The second kappa shape index (κ2) is 11.9. The fourth-order valence-electron chi connectivity index (χ4n) is 6.85. The number of furan rings is 1. The van der Waals surface area contributed by atoms with Crippen LogP contribution in [0.5, 0.6) is 0 Å². The highest BCUT2D eigenvalue weighted by atomic mass is 16.3. The lowest BCUT2D eigenvalue weighted by Gasteiger charge is -2.11. The number of benzene rings is 8. The Balaban J connectivity index is 1.22. The topological polar surface area (TPSA) is 51.8 Å². The van der Waals surface area contributed by atoms with Gasteiger partial charge in [-0.2, -0.15) is 0 Å². The largest absolute Gasteiger partial charge is 0.456 e. The van der Waals surface area contributed by atoms with Gasteiger partial charge in [0, 0.05) is 27.5 Å². The molecular weight excluding hydrogens is 623 g/mol. The molecule has 10 aromatic rings. The van der Waals surface area contributed by atoms with Gasteiger partial charge in [0.2, 0.25) is 0 Å². The lowest BCUT2D eigenvalue weighted by molar-refractivity contribution is 0.669. The van der Waals surface area contributed by atoms with E-state index in [0.717, 1.165) is 49.2 Å². The van der Waals surface area contributed by atoms with Crippen molar-refractivity contribution < 1.29 is 11.3 Å². The fraction of sp³-hybridized carbons (Fsp3) is 0. The summed E-state index contributed by atoms with van der Waals surface area (Å²) >= 11 is 0. The molecule has 4 heteroatoms. The van der Waals surface area contributed by atoms with Crippen molar-refractivity contribution in [2.45, 2.75) is 0 Å². The molecule has 0 bridgehead atoms. The third-order valence-corrected chi connectivity index (χ3v) is 9.34. The summed E-state index contributed by atoms with van der Waals surface area (Å²) in [5, 5.41) is 5.49. The second-order valence-electron chi connectivity index (χ2n) is 12.5. The van der Waals surface area contributed by atoms with Crippen molar-refractivity contribution in [3.05, 3.63) is 176 Å². The zero-order valence-corrected chi connectivity index (χ0v) is 27.1. The van der Waals surface area contributed by atoms with Crippen LogP contribution in [0.1, 0.15) is 6.85 Å². The molecule has 0 aliphatic rings. The minimum absolute atomic E-state index is 0.0701. The molecule has 10 rings (SSSR count). The van der Waals surface area contributed by atoms with Crippen LogP contribution in [0.2, 0.25) is 0 Å². The summed E-state index contributed by atoms with van der Waals surface area (Å²) < 4.78 is 49.9. The van der Waals surface area contributed by atoms with Gasteiger partial charge in [-0.15, -0.1) is 0 Å². The maximum absolute atomic E-state index is 8.99. The van der Waals surface area contributed by atoms with Crippen molar-refractivity contribution >= 4 is 43.5 Å². The normalized spacial score (nSPS) is 12.9. The van der Waals surface area contributed by atoms with Crippen molar-refractivity contribution in [2.24, 2.45) is 0 Å². The molecule has 0 N–H and O–H groups in total. The molecule has 8 aromatic carbocycles. The molecule has 0 atom stereocenters. The van der Waals surface area contributed by atoms with Gasteiger partial charge in [-0.25, -0.2) is 15.0 Å². The summed E-state index contributed by atoms with van der Waals surface area (Å²) in [5.41, 5.74) is 5.98. The Hall–Kier alpha value is -6.91. The Kier molecular flexibility index (Phi) is 5.66. The molecule has 0 radical (unpaired) electrons. The van der Waals surface area contributed by atoms with Gasteiger partial charge >= 0.3 is 0 Å². The Morgan fingerprint density at radius 1 is 0.392 bits per heavy atom. The van der Waals surface area contributed by atoms with E-state index in [2.05, 4.69) is 42.5 Å². The van der Waals surface area contributed by atoms with Crippen LogP contribution >= 0.6 is 0 Å². The standard InChI is InChI=1S/C47H29N3O/c1-4-12-30(13-5-1)35-20-21-37-25-38(23-22-36(37)24-35)46-48-45(32-16-8-3-9-17-32)49-47(50-46)39-27-40(31-14-6-2-7-15-31)44-41-26-33-18-10-11-19-34(33)28-42(41)51-43(44)29-39/h1-29H/i2D,6D,7D,14D,15D. The van der Waals surface area contributed by atoms with E-state index in [1.165, 1.54) is 0 Å². The van der Waals surface area contributed by atoms with Crippen LogP contribution in [0, 0.1) is 0 Å². The van der Waals surface area contributed by atoms with Crippen LogP contribution in [-0.2, 0) is 0 Å². The number of hydrogen-bond donors (Lipinski definition) is 0. The van der Waals surface area contributed by atoms with E-state index in [-0.39, 0.29) is 17.6 Å². The molecule has 2 heterocycles. The molecule has 4 nitrogen and oxygen atoms in total. The van der Waals surface area contributed by atoms with Crippen LogP contribution < -0.4 is 0 Å². The molecule has 0 fully saturated rings. The summed E-state index contributed by atoms with van der Waals surface area (Å²) in [6.07, 6.45) is 0. The molecule has 0 aliphatic heterocycles. The van der Waals surface area contributed by atoms with Gasteiger partial charge in [0.1, 0.15) is 11.2 Å². The maximum atomic E-state index is 8.99. The molecule has 51 heavy (non-hydrogen) atoms. The van der Waals surface area contributed by atoms with Crippen molar-refractivity contribution in [1.29, 1.82) is 0 Å². The van der Waals surface area contributed by atoms with E-state index < -0.39 is 18.1 Å². The van der Waals surface area contributed by atoms with Crippen LogP contribution in [0.15, 0.2) is 180 Å². The van der Waals surface area contributed by atoms with E-state index in [1.807, 2.05) is 97.1 Å². The Morgan fingerprint density at radius 2 is 0.961 bits per heavy atom. The van der Waals surface area contributed by atoms with E-state index in [1.54, 1.807) is 6.07 Å². The van der Waals surface area contributed by atoms with E-state index >= 15 is 0 Å². The zero-order valence-electron chi connectivity index (χ0n) is 32.1. The Morgan fingerprint density at radius 3 is 1.69 bits per heavy atom. The quantitative estimate of drug-likeness (QED) is 0.185. The maximum Gasteiger partial charge on any atom is 0.164 e. The second-order valence-corrected chi connectivity index (χ2v) is 12.5. The Labute approximate surface area is 301 Å². The molecule has 0 amide bonds. The predicted molar refractivity (Wildman–Crippen MR) is 209 cm³/mol. The molecule has 0 spiro atoms. The third-order valence-electron chi connectivity index (χ3n) is 9.34. The zero-order chi connectivity index (χ0) is 38.1. The van der Waals surface area contributed by atoms with Gasteiger partial charge in [0.25, 0.3) is 0 Å². The highest BCUT2D eigenvalue weighted by Crippen LogP contribution is 2.41. The number of aromatic nitrogens is 3. The average molecular weight is 657 g/mol. The Bertz CT molecular complexity index is 3170. The average Bonchev–Trinajstić information content (AvgIpc) is 3.61. The minimum Gasteiger partial charge on any atom is -0.456 e. The number of rotatable bonds is 5. The van der Waals surface area contributed by atoms with Crippen molar-refractivity contribution in [2.75, 3.05) is 0 Å². The van der Waals surface area contributed by atoms with Crippen LogP contribution in [0.4, 0.5) is 0 Å². The molecular formula is C47H29N3O. The molecule has 0 saturated heterocycles. The van der Waals surface area contributed by atoms with Crippen LogP contribution in [0.25, 0.3) is 99.9 Å². The van der Waals surface area contributed by atoms with E-state index in [0.29, 0.717) is 45.2 Å². The molecule has 0 saturated carbocycles. The minimum atomic E-state index is -0.458. The summed E-state index contributed by atoms with van der Waals surface area (Å²) in [6, 6.07) is 46.2. The van der Waals surface area contributed by atoms with E-state index in [9.17, 15) is 0 Å². The molecule has 238 valence electrons. The number of fused-ring (bicyclic) bond motifs is 5. The van der Waals surface area contributed by atoms with Crippen molar-refractivity contribution in [3.8, 4) is 56.4 Å². The van der Waals surface area contributed by atoms with Crippen molar-refractivity contribution in [3.63, 3.8) is 0 Å². The predicted octanol–water partition coefficient (Wildman–Crippen LogP) is 12.4. The first-order chi connectivity index (χ1) is 27.3. The lowest BCUT2D eigenvalue weighted by atomic mass is 9.96. The van der Waals surface area contributed by atoms with Crippen molar-refractivity contribution in [1.82, 2.24) is 15.0 Å². The van der Waals surface area contributed by atoms with Gasteiger partial charge < -0.3 is 4.42 Å². The van der Waals surface area contributed by atoms with Crippen LogP contribution in [-0.4, -0.2) is 15.0 Å². The molecule has 0 aliphatic carbocycles. The first-order valence-corrected chi connectivity index (χ1v) is 16.7. The highest BCUT2D eigenvalue weighted by molar-refractivity contribution is 6.16. The number of hydrogen-bond acceptors (Lipinski definition) is 4. The van der Waals surface area contributed by atoms with Gasteiger partial charge in [-0.1, -0.05) is 139 Å². The first kappa shape index (κ1) is 24.3. The first-order valence-electron chi connectivity index (χ1n) is 19.2. The molecule has 2 aromatic heterocycles. The molecule has 0 unspecified atom stereocenters. The van der Waals surface area contributed by atoms with Gasteiger partial charge in [-0.3, -0.25) is 0 Å². The summed E-state index contributed by atoms with van der Waals surface area (Å²) in [5.74, 6) is 1.27. The van der Waals surface area contributed by atoms with Gasteiger partial charge in [-0.05, 0) is 80.2 Å². The number of nitrogens with zero attached hydrogens (tertiary/aromatic N) is 3.